The summed E-state index contributed by atoms with van der Waals surface area (Å²) in [6, 6.07) is 14.2. The highest BCUT2D eigenvalue weighted by Crippen LogP contribution is 2.41. The van der Waals surface area contributed by atoms with Crippen molar-refractivity contribution in [2.24, 2.45) is 0 Å². The summed E-state index contributed by atoms with van der Waals surface area (Å²) in [5.74, 6) is -0.916. The first-order valence-electron chi connectivity index (χ1n) is 12.2. The molecule has 1 atom stereocenters. The van der Waals surface area contributed by atoms with Crippen LogP contribution in [0.3, 0.4) is 0 Å². The summed E-state index contributed by atoms with van der Waals surface area (Å²) < 4.78 is 25.7. The van der Waals surface area contributed by atoms with Crippen LogP contribution >= 0.6 is 11.3 Å². The Kier molecular flexibility index (Phi) is 7.32. The van der Waals surface area contributed by atoms with Gasteiger partial charge in [-0.1, -0.05) is 12.1 Å². The Morgan fingerprint density at radius 1 is 1.18 bits per heavy atom. The number of carbonyl (C=O) groups excluding carboxylic acids is 2. The Morgan fingerprint density at radius 2 is 1.97 bits per heavy atom. The largest absolute Gasteiger partial charge is 0.504 e. The van der Waals surface area contributed by atoms with Gasteiger partial charge in [0, 0.05) is 41.7 Å². The smallest absolute Gasteiger partial charge is 0.337 e. The van der Waals surface area contributed by atoms with Crippen LogP contribution in [0.4, 0.5) is 9.52 Å². The highest BCUT2D eigenvalue weighted by atomic mass is 32.1. The van der Waals surface area contributed by atoms with Crippen molar-refractivity contribution < 1.29 is 28.6 Å². The number of rotatable bonds is 7. The molecule has 0 fully saturated rings. The second kappa shape index (κ2) is 10.8. The van der Waals surface area contributed by atoms with Crippen LogP contribution in [0.1, 0.15) is 34.8 Å². The van der Waals surface area contributed by atoms with Crippen LogP contribution in [0.25, 0.3) is 11.1 Å². The number of carbonyl (C=O) groups is 2. The van der Waals surface area contributed by atoms with Gasteiger partial charge in [-0.15, -0.1) is 11.3 Å². The lowest BCUT2D eigenvalue weighted by Crippen LogP contribution is -2.47. The summed E-state index contributed by atoms with van der Waals surface area (Å²) in [7, 11) is 1.30. The monoisotopic (exact) mass is 547 g/mol. The molecule has 2 heterocycles. The van der Waals surface area contributed by atoms with Gasteiger partial charge in [0.2, 0.25) is 5.91 Å². The fourth-order valence-electron chi connectivity index (χ4n) is 4.73. The summed E-state index contributed by atoms with van der Waals surface area (Å²) in [4.78, 5) is 28.5. The second-order valence-electron chi connectivity index (χ2n) is 9.36. The molecule has 0 aliphatic carbocycles. The lowest BCUT2D eigenvalue weighted by molar-refractivity contribution is -0.117. The number of methoxy groups -OCH3 is 1. The molecule has 4 aromatic rings. The van der Waals surface area contributed by atoms with Crippen molar-refractivity contribution in [2.75, 3.05) is 19.0 Å². The molecule has 0 saturated carbocycles. The van der Waals surface area contributed by atoms with E-state index in [1.165, 1.54) is 24.5 Å². The third-order valence-electron chi connectivity index (χ3n) is 6.67. The van der Waals surface area contributed by atoms with Crippen LogP contribution in [0, 0.1) is 5.82 Å². The highest BCUT2D eigenvalue weighted by molar-refractivity contribution is 7.13. The molecule has 0 bridgehead atoms. The molecule has 0 radical (unpaired) electrons. The number of thiazole rings is 1. The molecule has 8 nitrogen and oxygen atoms in total. The average Bonchev–Trinajstić information content (AvgIpc) is 3.42. The number of nitrogens with one attached hydrogen (secondary N) is 2. The van der Waals surface area contributed by atoms with Gasteiger partial charge >= 0.3 is 5.97 Å². The number of ether oxygens (including phenoxy) is 2. The standard InChI is InChI=1S/C29H26FN3O5S/c1-29(16-26(35)33-28-31-11-12-39-28)22-15-25(24(34)13-19(22)9-10-32-29)38-20-7-8-21(23(30)14-20)17-3-5-18(6-4-17)27(36)37-2/h3-8,11-15,32,34H,9-10,16H2,1-2H3,(H,31,33,35)/t29-/m1/s1. The topological polar surface area (TPSA) is 110 Å². The second-order valence-corrected chi connectivity index (χ2v) is 10.3. The predicted molar refractivity (Wildman–Crippen MR) is 146 cm³/mol. The van der Waals surface area contributed by atoms with Gasteiger partial charge in [0.25, 0.3) is 0 Å². The third kappa shape index (κ3) is 5.62. The van der Waals surface area contributed by atoms with E-state index in [1.54, 1.807) is 60.1 Å². The van der Waals surface area contributed by atoms with Crippen molar-refractivity contribution in [2.45, 2.75) is 25.3 Å². The van der Waals surface area contributed by atoms with Crippen molar-refractivity contribution in [3.63, 3.8) is 0 Å². The summed E-state index contributed by atoms with van der Waals surface area (Å²) in [6.07, 6.45) is 2.44. The van der Waals surface area contributed by atoms with E-state index in [9.17, 15) is 14.7 Å². The van der Waals surface area contributed by atoms with E-state index < -0.39 is 17.3 Å². The minimum absolute atomic E-state index is 0.0758. The summed E-state index contributed by atoms with van der Waals surface area (Å²) in [5, 5.41) is 19.2. The van der Waals surface area contributed by atoms with Crippen molar-refractivity contribution in [3.05, 3.63) is 88.7 Å². The fraction of sp³-hybridized carbons (Fsp3) is 0.207. The van der Waals surface area contributed by atoms with Crippen molar-refractivity contribution in [1.82, 2.24) is 10.3 Å². The number of nitrogens with zero attached hydrogens (tertiary/aromatic N) is 1. The predicted octanol–water partition coefficient (Wildman–Crippen LogP) is 5.62. The molecular weight excluding hydrogens is 521 g/mol. The third-order valence-corrected chi connectivity index (χ3v) is 7.36. The van der Waals surface area contributed by atoms with Gasteiger partial charge < -0.3 is 25.2 Å². The van der Waals surface area contributed by atoms with Gasteiger partial charge in [0.05, 0.1) is 12.7 Å². The van der Waals surface area contributed by atoms with Crippen LogP contribution in [-0.4, -0.2) is 35.6 Å². The molecular formula is C29H26FN3O5S. The first-order valence-corrected chi connectivity index (χ1v) is 13.1. The van der Waals surface area contributed by atoms with Crippen LogP contribution in [0.5, 0.6) is 17.2 Å². The van der Waals surface area contributed by atoms with Gasteiger partial charge in [0.1, 0.15) is 11.6 Å². The zero-order valence-corrected chi connectivity index (χ0v) is 22.1. The molecule has 1 aliphatic heterocycles. The number of phenols is 1. The maximum absolute atomic E-state index is 15.1. The Hall–Kier alpha value is -4.28. The van der Waals surface area contributed by atoms with Gasteiger partial charge in [0.15, 0.2) is 16.6 Å². The number of phenolic OH excluding ortho intramolecular Hbond substituents is 1. The Bertz CT molecular complexity index is 1520. The molecule has 39 heavy (non-hydrogen) atoms. The number of fused-ring (bicyclic) bond motifs is 1. The molecule has 3 N–H and O–H groups in total. The fourth-order valence-corrected chi connectivity index (χ4v) is 5.28. The van der Waals surface area contributed by atoms with E-state index in [1.807, 2.05) is 6.92 Å². The van der Waals surface area contributed by atoms with Crippen molar-refractivity contribution in [1.29, 1.82) is 0 Å². The number of benzene rings is 3. The van der Waals surface area contributed by atoms with Crippen LogP contribution in [-0.2, 0) is 21.5 Å². The van der Waals surface area contributed by atoms with Gasteiger partial charge in [-0.25, -0.2) is 14.2 Å². The van der Waals surface area contributed by atoms with Crippen LogP contribution < -0.4 is 15.4 Å². The molecule has 1 amide bonds. The Balaban J connectivity index is 1.37. The van der Waals surface area contributed by atoms with E-state index in [0.717, 1.165) is 11.1 Å². The summed E-state index contributed by atoms with van der Waals surface area (Å²) in [6.45, 7) is 2.56. The molecule has 10 heteroatoms. The number of amides is 1. The summed E-state index contributed by atoms with van der Waals surface area (Å²) >= 11 is 1.34. The number of esters is 1. The average molecular weight is 548 g/mol. The molecule has 5 rings (SSSR count). The maximum atomic E-state index is 15.1. The van der Waals surface area contributed by atoms with Crippen LogP contribution in [0.15, 0.2) is 66.2 Å². The van der Waals surface area contributed by atoms with E-state index in [2.05, 4.69) is 15.6 Å². The van der Waals surface area contributed by atoms with Gasteiger partial charge in [-0.3, -0.25) is 4.79 Å². The Morgan fingerprint density at radius 3 is 2.67 bits per heavy atom. The molecule has 0 saturated heterocycles. The zero-order chi connectivity index (χ0) is 27.6. The van der Waals surface area contributed by atoms with Gasteiger partial charge in [-0.05, 0) is 66.4 Å². The molecule has 1 aliphatic rings. The van der Waals surface area contributed by atoms with Crippen molar-refractivity contribution >= 4 is 28.3 Å². The number of aromatic hydroxyl groups is 1. The normalized spacial score (nSPS) is 16.3. The van der Waals surface area contributed by atoms with E-state index >= 15 is 4.39 Å². The highest BCUT2D eigenvalue weighted by Gasteiger charge is 2.35. The molecule has 3 aromatic carbocycles. The van der Waals surface area contributed by atoms with E-state index in [0.29, 0.717) is 34.8 Å². The zero-order valence-electron chi connectivity index (χ0n) is 21.3. The minimum Gasteiger partial charge on any atom is -0.504 e. The minimum atomic E-state index is -0.716. The maximum Gasteiger partial charge on any atom is 0.337 e. The number of halogens is 1. The molecule has 1 aromatic heterocycles. The number of hydrogen-bond acceptors (Lipinski definition) is 8. The number of aromatic nitrogens is 1. The lowest BCUT2D eigenvalue weighted by Gasteiger charge is -2.37. The lowest BCUT2D eigenvalue weighted by atomic mass is 9.81. The molecule has 0 spiro atoms. The molecule has 200 valence electrons. The number of anilines is 1. The van der Waals surface area contributed by atoms with Gasteiger partial charge in [-0.2, -0.15) is 0 Å². The first-order chi connectivity index (χ1) is 18.8. The van der Waals surface area contributed by atoms with E-state index in [-0.39, 0.29) is 29.6 Å². The summed E-state index contributed by atoms with van der Waals surface area (Å²) in [5.41, 5.74) is 2.29. The van der Waals surface area contributed by atoms with Crippen molar-refractivity contribution in [3.8, 4) is 28.4 Å². The Labute approximate surface area is 228 Å². The van der Waals surface area contributed by atoms with E-state index in [4.69, 9.17) is 9.47 Å². The SMILES string of the molecule is COC(=O)c1ccc(-c2ccc(Oc3cc4c(cc3O)CCN[C@]4(C)CC(=O)Nc3nccs3)cc2F)cc1. The molecule has 0 unspecified atom stereocenters. The first kappa shape index (κ1) is 26.3. The quantitative estimate of drug-likeness (QED) is 0.258. The number of hydrogen-bond donors (Lipinski definition) is 3. The van der Waals surface area contributed by atoms with Crippen LogP contribution in [0.2, 0.25) is 0 Å².